The normalized spacial score (nSPS) is 11.0. The van der Waals surface area contributed by atoms with E-state index in [4.69, 9.17) is 0 Å². The molecule has 0 saturated heterocycles. The van der Waals surface area contributed by atoms with Gasteiger partial charge in [-0.3, -0.25) is 0 Å². The Morgan fingerprint density at radius 1 is 1.28 bits per heavy atom. The van der Waals surface area contributed by atoms with E-state index in [0.29, 0.717) is 13.1 Å². The van der Waals surface area contributed by atoms with Crippen LogP contribution in [0.5, 0.6) is 0 Å². The minimum atomic E-state index is 0.610. The predicted octanol–water partition coefficient (Wildman–Crippen LogP) is 0.437. The van der Waals surface area contributed by atoms with Gasteiger partial charge in [0.2, 0.25) is 0 Å². The molecule has 0 aliphatic rings. The minimum absolute atomic E-state index is 0.610. The van der Waals surface area contributed by atoms with Gasteiger partial charge in [-0.25, -0.2) is 19.3 Å². The van der Waals surface area contributed by atoms with Gasteiger partial charge in [-0.15, -0.1) is 0 Å². The summed E-state index contributed by atoms with van der Waals surface area (Å²) in [6, 6.07) is 0. The molecule has 2 aromatic rings. The minimum Gasteiger partial charge on any atom is -0.310 e. The van der Waals surface area contributed by atoms with Crippen LogP contribution < -0.4 is 5.32 Å². The average Bonchev–Trinajstić information content (AvgIpc) is 2.98. The summed E-state index contributed by atoms with van der Waals surface area (Å²) in [5.41, 5.74) is 0. The maximum absolute atomic E-state index is 4.39. The number of aromatic nitrogens is 6. The monoisotopic (exact) mass is 249 g/mol. The number of aryl methyl sites for hydroxylation is 1. The van der Waals surface area contributed by atoms with Crippen molar-refractivity contribution in [3.05, 3.63) is 24.3 Å². The van der Waals surface area contributed by atoms with Gasteiger partial charge >= 0.3 is 0 Å². The molecule has 0 saturated carbocycles. The lowest BCUT2D eigenvalue weighted by Gasteiger charge is -2.03. The van der Waals surface area contributed by atoms with Crippen molar-refractivity contribution in [3.8, 4) is 0 Å². The molecule has 0 aliphatic heterocycles. The van der Waals surface area contributed by atoms with Crippen molar-refractivity contribution < 1.29 is 0 Å². The van der Waals surface area contributed by atoms with Gasteiger partial charge in [0, 0.05) is 6.54 Å². The topological polar surface area (TPSA) is 73.5 Å². The van der Waals surface area contributed by atoms with E-state index in [1.54, 1.807) is 17.3 Å². The van der Waals surface area contributed by atoms with E-state index < -0.39 is 0 Å². The van der Waals surface area contributed by atoms with E-state index in [2.05, 4.69) is 39.3 Å². The third-order valence-electron chi connectivity index (χ3n) is 2.55. The highest BCUT2D eigenvalue weighted by atomic mass is 15.4. The van der Waals surface area contributed by atoms with Crippen LogP contribution in [0.4, 0.5) is 0 Å². The highest BCUT2D eigenvalue weighted by molar-refractivity contribution is 4.88. The molecule has 0 radical (unpaired) electrons. The molecule has 0 bridgehead atoms. The van der Waals surface area contributed by atoms with Gasteiger partial charge in [-0.1, -0.05) is 13.8 Å². The predicted molar refractivity (Wildman–Crippen MR) is 66.8 cm³/mol. The quantitative estimate of drug-likeness (QED) is 0.770. The summed E-state index contributed by atoms with van der Waals surface area (Å²) in [5, 5.41) is 11.8. The second kappa shape index (κ2) is 6.25. The van der Waals surface area contributed by atoms with Gasteiger partial charge in [-0.05, 0) is 13.0 Å². The van der Waals surface area contributed by atoms with Crippen molar-refractivity contribution in [2.75, 3.05) is 6.54 Å². The number of hydrogen-bond donors (Lipinski definition) is 1. The van der Waals surface area contributed by atoms with E-state index in [0.717, 1.165) is 31.2 Å². The van der Waals surface area contributed by atoms with Crippen LogP contribution in [0.25, 0.3) is 0 Å². The Labute approximate surface area is 106 Å². The summed E-state index contributed by atoms with van der Waals surface area (Å²) in [4.78, 5) is 8.49. The fourth-order valence-corrected chi connectivity index (χ4v) is 1.68. The van der Waals surface area contributed by atoms with Gasteiger partial charge in [-0.2, -0.15) is 10.2 Å². The molecular weight excluding hydrogens is 230 g/mol. The molecule has 0 amide bonds. The summed E-state index contributed by atoms with van der Waals surface area (Å²) < 4.78 is 3.70. The number of rotatable bonds is 7. The Morgan fingerprint density at radius 3 is 2.94 bits per heavy atom. The summed E-state index contributed by atoms with van der Waals surface area (Å²) in [6.07, 6.45) is 4.36. The molecule has 18 heavy (non-hydrogen) atoms. The van der Waals surface area contributed by atoms with E-state index in [1.807, 2.05) is 4.68 Å². The molecule has 7 heteroatoms. The molecule has 2 rings (SSSR count). The SMILES string of the molecule is CCCn1ncnc1Cn1cnc(CNCC)n1. The molecule has 7 nitrogen and oxygen atoms in total. The lowest BCUT2D eigenvalue weighted by Crippen LogP contribution is -2.14. The zero-order chi connectivity index (χ0) is 12.8. The first kappa shape index (κ1) is 12.7. The molecule has 0 aromatic carbocycles. The molecule has 0 unspecified atom stereocenters. The summed E-state index contributed by atoms with van der Waals surface area (Å²) in [6.45, 7) is 7.29. The number of hydrogen-bond acceptors (Lipinski definition) is 5. The fraction of sp³-hybridized carbons (Fsp3) is 0.636. The first-order valence-electron chi connectivity index (χ1n) is 6.29. The van der Waals surface area contributed by atoms with Crippen LogP contribution >= 0.6 is 0 Å². The van der Waals surface area contributed by atoms with Crippen LogP contribution in [0.2, 0.25) is 0 Å². The summed E-state index contributed by atoms with van der Waals surface area (Å²) in [7, 11) is 0. The Balaban J connectivity index is 1.99. The molecule has 0 atom stereocenters. The van der Waals surface area contributed by atoms with Crippen LogP contribution in [0.1, 0.15) is 31.9 Å². The molecule has 0 spiro atoms. The zero-order valence-electron chi connectivity index (χ0n) is 10.9. The third kappa shape index (κ3) is 3.13. The van der Waals surface area contributed by atoms with E-state index in [1.165, 1.54) is 0 Å². The lowest BCUT2D eigenvalue weighted by atomic mass is 10.5. The van der Waals surface area contributed by atoms with Crippen molar-refractivity contribution in [2.45, 2.75) is 39.9 Å². The average molecular weight is 249 g/mol. The van der Waals surface area contributed by atoms with Crippen LogP contribution in [-0.2, 0) is 19.6 Å². The second-order valence-electron chi connectivity index (χ2n) is 4.04. The molecule has 0 fully saturated rings. The van der Waals surface area contributed by atoms with Crippen molar-refractivity contribution in [3.63, 3.8) is 0 Å². The molecule has 0 aliphatic carbocycles. The lowest BCUT2D eigenvalue weighted by molar-refractivity contribution is 0.535. The van der Waals surface area contributed by atoms with Crippen molar-refractivity contribution in [2.24, 2.45) is 0 Å². The van der Waals surface area contributed by atoms with Crippen molar-refractivity contribution in [1.82, 2.24) is 34.8 Å². The number of nitrogens with zero attached hydrogens (tertiary/aromatic N) is 6. The maximum atomic E-state index is 4.39. The van der Waals surface area contributed by atoms with Gasteiger partial charge in [0.1, 0.15) is 25.0 Å². The van der Waals surface area contributed by atoms with Gasteiger partial charge in [0.05, 0.1) is 6.54 Å². The second-order valence-corrected chi connectivity index (χ2v) is 4.04. The Morgan fingerprint density at radius 2 is 2.17 bits per heavy atom. The first-order valence-corrected chi connectivity index (χ1v) is 6.29. The Kier molecular flexibility index (Phi) is 4.40. The van der Waals surface area contributed by atoms with Gasteiger partial charge in [0.25, 0.3) is 0 Å². The van der Waals surface area contributed by atoms with E-state index >= 15 is 0 Å². The first-order chi connectivity index (χ1) is 8.83. The van der Waals surface area contributed by atoms with Crippen molar-refractivity contribution >= 4 is 0 Å². The smallest absolute Gasteiger partial charge is 0.164 e. The van der Waals surface area contributed by atoms with Crippen LogP contribution in [0.15, 0.2) is 12.7 Å². The summed E-state index contributed by atoms with van der Waals surface area (Å²) in [5.74, 6) is 1.72. The molecule has 1 N–H and O–H groups in total. The molecule has 2 heterocycles. The van der Waals surface area contributed by atoms with E-state index in [-0.39, 0.29) is 0 Å². The van der Waals surface area contributed by atoms with Crippen LogP contribution in [0.3, 0.4) is 0 Å². The molecular formula is C11H19N7. The standard InChI is InChI=1S/C11H19N7/c1-3-5-18-11(13-8-15-18)7-17-9-14-10(16-17)6-12-4-2/h8-9,12H,3-7H2,1-2H3. The zero-order valence-corrected chi connectivity index (χ0v) is 10.9. The Hall–Kier alpha value is -1.76. The fourth-order valence-electron chi connectivity index (χ4n) is 1.68. The third-order valence-corrected chi connectivity index (χ3v) is 2.55. The van der Waals surface area contributed by atoms with Crippen LogP contribution in [-0.4, -0.2) is 36.1 Å². The van der Waals surface area contributed by atoms with Crippen molar-refractivity contribution in [1.29, 1.82) is 0 Å². The molecule has 98 valence electrons. The summed E-state index contributed by atoms with van der Waals surface area (Å²) >= 11 is 0. The highest BCUT2D eigenvalue weighted by Gasteiger charge is 2.06. The number of nitrogens with one attached hydrogen (secondary N) is 1. The maximum Gasteiger partial charge on any atom is 0.164 e. The highest BCUT2D eigenvalue weighted by Crippen LogP contribution is 1.99. The van der Waals surface area contributed by atoms with Gasteiger partial charge in [0.15, 0.2) is 5.82 Å². The van der Waals surface area contributed by atoms with E-state index in [9.17, 15) is 0 Å². The Bertz CT molecular complexity index is 473. The molecule has 2 aromatic heterocycles. The van der Waals surface area contributed by atoms with Gasteiger partial charge < -0.3 is 5.32 Å². The van der Waals surface area contributed by atoms with Crippen LogP contribution in [0, 0.1) is 0 Å². The largest absolute Gasteiger partial charge is 0.310 e.